The quantitative estimate of drug-likeness (QED) is 0.427. The Morgan fingerprint density at radius 1 is 1.19 bits per heavy atom. The molecule has 0 heterocycles. The first-order valence-corrected chi connectivity index (χ1v) is 8.60. The lowest BCUT2D eigenvalue weighted by molar-refractivity contribution is 0.0468. The number of aliphatic imine (C=N–C) groups is 1. The van der Waals surface area contributed by atoms with E-state index >= 15 is 0 Å². The predicted molar refractivity (Wildman–Crippen MR) is 103 cm³/mol. The van der Waals surface area contributed by atoms with Crippen LogP contribution < -0.4 is 0 Å². The number of nitrogens with zero attached hydrogens (tertiary/aromatic N) is 2. The van der Waals surface area contributed by atoms with E-state index in [9.17, 15) is 9.18 Å². The largest absolute Gasteiger partial charge is 0.457 e. The van der Waals surface area contributed by atoms with E-state index in [2.05, 4.69) is 4.99 Å². The first-order chi connectivity index (χ1) is 12.3. The lowest BCUT2D eigenvalue weighted by atomic mass is 10.0. The van der Waals surface area contributed by atoms with Gasteiger partial charge in [0, 0.05) is 19.2 Å². The lowest BCUT2D eigenvalue weighted by Crippen LogP contribution is -2.14. The van der Waals surface area contributed by atoms with E-state index in [4.69, 9.17) is 4.74 Å². The zero-order valence-corrected chi connectivity index (χ0v) is 16.0. The number of ether oxygens (including phenoxy) is 1. The van der Waals surface area contributed by atoms with E-state index in [-0.39, 0.29) is 12.4 Å². The molecule has 4 nitrogen and oxygen atoms in total. The summed E-state index contributed by atoms with van der Waals surface area (Å²) in [4.78, 5) is 18.8. The summed E-state index contributed by atoms with van der Waals surface area (Å²) in [5.74, 6) is -0.831. The molecular formula is C21H25FN2O2. The van der Waals surface area contributed by atoms with Crippen LogP contribution in [0.4, 0.5) is 10.1 Å². The summed E-state index contributed by atoms with van der Waals surface area (Å²) in [7, 11) is 1.95. The Morgan fingerprint density at radius 2 is 1.92 bits per heavy atom. The van der Waals surface area contributed by atoms with Crippen molar-refractivity contribution >= 4 is 18.0 Å². The van der Waals surface area contributed by atoms with Gasteiger partial charge in [-0.15, -0.1) is 0 Å². The molecule has 0 aliphatic rings. The Kier molecular flexibility index (Phi) is 6.50. The fraction of sp³-hybridized carbons (Fsp3) is 0.333. The van der Waals surface area contributed by atoms with E-state index in [0.717, 1.165) is 28.9 Å². The number of carbonyl (C=O) groups excluding carboxylic acids is 1. The summed E-state index contributed by atoms with van der Waals surface area (Å²) in [5, 5.41) is 0. The van der Waals surface area contributed by atoms with Crippen LogP contribution in [0, 0.1) is 26.6 Å². The first kappa shape index (κ1) is 19.6. The molecule has 0 saturated heterocycles. The van der Waals surface area contributed by atoms with Crippen molar-refractivity contribution in [3.63, 3.8) is 0 Å². The van der Waals surface area contributed by atoms with E-state index in [1.807, 2.05) is 39.6 Å². The van der Waals surface area contributed by atoms with Crippen molar-refractivity contribution in [3.8, 4) is 0 Å². The van der Waals surface area contributed by atoms with E-state index in [1.54, 1.807) is 30.6 Å². The molecule has 0 radical (unpaired) electrons. The van der Waals surface area contributed by atoms with Gasteiger partial charge in [0.2, 0.25) is 0 Å². The van der Waals surface area contributed by atoms with Crippen LogP contribution in [-0.4, -0.2) is 30.8 Å². The van der Waals surface area contributed by atoms with Crippen molar-refractivity contribution in [2.75, 3.05) is 13.6 Å². The topological polar surface area (TPSA) is 41.9 Å². The van der Waals surface area contributed by atoms with E-state index in [1.165, 1.54) is 6.07 Å². The minimum absolute atomic E-state index is 0.0926. The average Bonchev–Trinajstić information content (AvgIpc) is 2.61. The van der Waals surface area contributed by atoms with E-state index < -0.39 is 5.97 Å². The van der Waals surface area contributed by atoms with Crippen LogP contribution in [0.1, 0.15) is 39.5 Å². The van der Waals surface area contributed by atoms with E-state index in [0.29, 0.717) is 11.1 Å². The minimum Gasteiger partial charge on any atom is -0.457 e. The van der Waals surface area contributed by atoms with Crippen molar-refractivity contribution in [1.29, 1.82) is 0 Å². The number of rotatable bonds is 6. The van der Waals surface area contributed by atoms with Gasteiger partial charge in [0.1, 0.15) is 12.4 Å². The maximum absolute atomic E-state index is 13.9. The van der Waals surface area contributed by atoms with Crippen LogP contribution in [0.15, 0.2) is 35.3 Å². The Balaban J connectivity index is 2.14. The fourth-order valence-electron chi connectivity index (χ4n) is 2.40. The summed E-state index contributed by atoms with van der Waals surface area (Å²) in [5.41, 5.74) is 4.20. The summed E-state index contributed by atoms with van der Waals surface area (Å²) < 4.78 is 19.2. The summed E-state index contributed by atoms with van der Waals surface area (Å²) in [6.45, 7) is 8.41. The number of esters is 1. The average molecular weight is 356 g/mol. The Hall–Kier alpha value is -2.69. The van der Waals surface area contributed by atoms with Crippen LogP contribution in [0.2, 0.25) is 0 Å². The highest BCUT2D eigenvalue weighted by atomic mass is 19.1. The minimum atomic E-state index is -0.466. The van der Waals surface area contributed by atoms with Crippen LogP contribution in [-0.2, 0) is 11.3 Å². The molecule has 0 atom stereocenters. The number of aryl methyl sites for hydroxylation is 1. The molecule has 0 bridgehead atoms. The third-order valence-corrected chi connectivity index (χ3v) is 4.44. The van der Waals surface area contributed by atoms with Crippen molar-refractivity contribution in [2.24, 2.45) is 4.99 Å². The maximum Gasteiger partial charge on any atom is 0.338 e. The van der Waals surface area contributed by atoms with Crippen LogP contribution in [0.3, 0.4) is 0 Å². The highest BCUT2D eigenvalue weighted by Crippen LogP contribution is 2.25. The highest BCUT2D eigenvalue weighted by Gasteiger charge is 2.15. The fourth-order valence-corrected chi connectivity index (χ4v) is 2.40. The predicted octanol–water partition coefficient (Wildman–Crippen LogP) is 4.72. The Morgan fingerprint density at radius 3 is 2.58 bits per heavy atom. The van der Waals surface area contributed by atoms with Gasteiger partial charge >= 0.3 is 5.97 Å². The molecule has 2 aromatic carbocycles. The zero-order chi connectivity index (χ0) is 19.3. The molecule has 0 unspecified atom stereocenters. The molecule has 0 aliphatic heterocycles. The molecule has 26 heavy (non-hydrogen) atoms. The number of halogens is 1. The van der Waals surface area contributed by atoms with Crippen molar-refractivity contribution in [3.05, 3.63) is 64.0 Å². The van der Waals surface area contributed by atoms with Crippen molar-refractivity contribution < 1.29 is 13.9 Å². The molecular weight excluding hydrogens is 331 g/mol. The first-order valence-electron chi connectivity index (χ1n) is 8.60. The maximum atomic E-state index is 13.9. The van der Waals surface area contributed by atoms with Crippen LogP contribution in [0.25, 0.3) is 0 Å². The van der Waals surface area contributed by atoms with Gasteiger partial charge in [-0.25, -0.2) is 14.2 Å². The lowest BCUT2D eigenvalue weighted by Gasteiger charge is -2.13. The molecule has 0 amide bonds. The molecule has 0 spiro atoms. The summed E-state index contributed by atoms with van der Waals surface area (Å²) in [6.07, 6.45) is 1.76. The molecule has 0 saturated carbocycles. The molecule has 5 heteroatoms. The van der Waals surface area contributed by atoms with Crippen LogP contribution in [0.5, 0.6) is 0 Å². The second-order valence-corrected chi connectivity index (χ2v) is 6.37. The number of carbonyl (C=O) groups is 1. The molecule has 0 aliphatic carbocycles. The molecule has 0 aromatic heterocycles. The molecule has 0 fully saturated rings. The third-order valence-electron chi connectivity index (χ3n) is 4.44. The molecule has 138 valence electrons. The van der Waals surface area contributed by atoms with Gasteiger partial charge in [-0.2, -0.15) is 0 Å². The Bertz CT molecular complexity index is 831. The normalized spacial score (nSPS) is 11.0. The van der Waals surface area contributed by atoms with Gasteiger partial charge in [-0.3, -0.25) is 0 Å². The molecule has 2 rings (SSSR count). The van der Waals surface area contributed by atoms with Gasteiger partial charge in [-0.05, 0) is 62.6 Å². The second kappa shape index (κ2) is 8.61. The van der Waals surface area contributed by atoms with Gasteiger partial charge in [0.15, 0.2) is 0 Å². The van der Waals surface area contributed by atoms with Crippen molar-refractivity contribution in [2.45, 2.75) is 34.3 Å². The van der Waals surface area contributed by atoms with Gasteiger partial charge < -0.3 is 9.64 Å². The van der Waals surface area contributed by atoms with Gasteiger partial charge in [-0.1, -0.05) is 12.1 Å². The number of hydrogen-bond donors (Lipinski definition) is 0. The third kappa shape index (κ3) is 4.69. The SMILES string of the molecule is CCN(C)C=Nc1ccc(C(=O)OCc2ccc(C)cc2F)c(C)c1C. The number of hydrogen-bond acceptors (Lipinski definition) is 3. The summed E-state index contributed by atoms with van der Waals surface area (Å²) in [6, 6.07) is 8.36. The smallest absolute Gasteiger partial charge is 0.338 e. The monoisotopic (exact) mass is 356 g/mol. The van der Waals surface area contributed by atoms with Crippen LogP contribution >= 0.6 is 0 Å². The Labute approximate surface area is 154 Å². The van der Waals surface area contributed by atoms with Gasteiger partial charge in [0.05, 0.1) is 17.6 Å². The molecule has 2 aromatic rings. The second-order valence-electron chi connectivity index (χ2n) is 6.37. The number of benzene rings is 2. The highest BCUT2D eigenvalue weighted by molar-refractivity contribution is 5.92. The standard InChI is InChI=1S/C21H25FN2O2/c1-6-24(5)13-23-20-10-9-18(15(3)16(20)4)21(25)26-12-17-8-7-14(2)11-19(17)22/h7-11,13H,6,12H2,1-5H3. The van der Waals surface area contributed by atoms with Crippen molar-refractivity contribution in [1.82, 2.24) is 4.90 Å². The summed E-state index contributed by atoms with van der Waals surface area (Å²) >= 11 is 0. The zero-order valence-electron chi connectivity index (χ0n) is 16.0. The van der Waals surface area contributed by atoms with Gasteiger partial charge in [0.25, 0.3) is 0 Å². The molecule has 0 N–H and O–H groups in total.